The van der Waals surface area contributed by atoms with E-state index >= 15 is 0 Å². The van der Waals surface area contributed by atoms with Gasteiger partial charge in [-0.2, -0.15) is 10.5 Å². The highest BCUT2D eigenvalue weighted by Gasteiger charge is 2.32. The number of rotatable bonds is 4. The predicted molar refractivity (Wildman–Crippen MR) is 60.8 cm³/mol. The molecular formula is C12H16N2O4. The lowest BCUT2D eigenvalue weighted by atomic mass is 10.1. The van der Waals surface area contributed by atoms with Crippen molar-refractivity contribution in [2.75, 3.05) is 0 Å². The van der Waals surface area contributed by atoms with E-state index in [0.717, 1.165) is 0 Å². The van der Waals surface area contributed by atoms with Crippen molar-refractivity contribution in [3.05, 3.63) is 0 Å². The molecule has 0 unspecified atom stereocenters. The third-order valence-electron chi connectivity index (χ3n) is 1.91. The molecule has 0 bridgehead atoms. The van der Waals surface area contributed by atoms with Crippen LogP contribution < -0.4 is 0 Å². The average Bonchev–Trinajstić information content (AvgIpc) is 2.15. The molecule has 0 saturated heterocycles. The highest BCUT2D eigenvalue weighted by molar-refractivity contribution is 6.29. The summed E-state index contributed by atoms with van der Waals surface area (Å²) in [7, 11) is 0. The number of nitrogens with zero attached hydrogens (tertiary/aromatic N) is 2. The van der Waals surface area contributed by atoms with E-state index in [1.165, 1.54) is 27.7 Å². The first-order valence-corrected chi connectivity index (χ1v) is 5.34. The van der Waals surface area contributed by atoms with E-state index in [1.807, 2.05) is 12.1 Å². The zero-order chi connectivity index (χ0) is 14.4. The minimum atomic E-state index is -1.17. The topological polar surface area (TPSA) is 100 Å². The van der Waals surface area contributed by atoms with Crippen LogP contribution >= 0.6 is 0 Å². The van der Waals surface area contributed by atoms with Crippen molar-refractivity contribution in [1.82, 2.24) is 0 Å². The van der Waals surface area contributed by atoms with Gasteiger partial charge >= 0.3 is 11.9 Å². The zero-order valence-electron chi connectivity index (χ0n) is 10.9. The summed E-state index contributed by atoms with van der Waals surface area (Å²) in [4.78, 5) is 22.9. The van der Waals surface area contributed by atoms with Crippen LogP contribution in [-0.2, 0) is 19.1 Å². The Hall–Kier alpha value is -2.08. The van der Waals surface area contributed by atoms with Gasteiger partial charge in [-0.05, 0) is 27.7 Å². The van der Waals surface area contributed by atoms with Gasteiger partial charge in [-0.1, -0.05) is 0 Å². The van der Waals surface area contributed by atoms with Crippen LogP contribution in [0, 0.1) is 22.7 Å². The molecule has 0 amide bonds. The summed E-state index contributed by atoms with van der Waals surface area (Å²) in [6, 6.07) is 3.70. The standard InChI is InChI=1S/C12H16N2O4/c1-11(2,5-7-13)17-9(15)10(16)18-12(3,4)6-8-14/h5-6H2,1-4H3. The Morgan fingerprint density at radius 3 is 1.39 bits per heavy atom. The highest BCUT2D eigenvalue weighted by atomic mass is 16.6. The molecule has 18 heavy (non-hydrogen) atoms. The summed E-state index contributed by atoms with van der Waals surface area (Å²) in [6.45, 7) is 6.06. The minimum Gasteiger partial charge on any atom is -0.450 e. The monoisotopic (exact) mass is 252 g/mol. The van der Waals surface area contributed by atoms with Crippen LogP contribution in [0.15, 0.2) is 0 Å². The zero-order valence-corrected chi connectivity index (χ0v) is 10.9. The molecule has 6 heteroatoms. The van der Waals surface area contributed by atoms with Crippen molar-refractivity contribution in [2.45, 2.75) is 51.7 Å². The Morgan fingerprint density at radius 1 is 0.889 bits per heavy atom. The SMILES string of the molecule is CC(C)(CC#N)OC(=O)C(=O)OC(C)(C)CC#N. The van der Waals surface area contributed by atoms with E-state index in [0.29, 0.717) is 0 Å². The summed E-state index contributed by atoms with van der Waals surface area (Å²) in [5.74, 6) is -2.33. The molecule has 0 atom stereocenters. The number of carbonyl (C=O) groups is 2. The van der Waals surface area contributed by atoms with E-state index in [2.05, 4.69) is 0 Å². The summed E-state index contributed by atoms with van der Waals surface area (Å²) >= 11 is 0. The third-order valence-corrected chi connectivity index (χ3v) is 1.91. The second-order valence-electron chi connectivity index (χ2n) is 4.97. The lowest BCUT2D eigenvalue weighted by Crippen LogP contribution is -2.36. The Bertz CT molecular complexity index is 373. The summed E-state index contributed by atoms with van der Waals surface area (Å²) < 4.78 is 9.69. The van der Waals surface area contributed by atoms with Crippen molar-refractivity contribution in [1.29, 1.82) is 10.5 Å². The fourth-order valence-corrected chi connectivity index (χ4v) is 1.04. The maximum atomic E-state index is 11.4. The van der Waals surface area contributed by atoms with Gasteiger partial charge in [-0.3, -0.25) is 0 Å². The van der Waals surface area contributed by atoms with Gasteiger partial charge in [0, 0.05) is 0 Å². The second-order valence-corrected chi connectivity index (χ2v) is 4.97. The number of nitriles is 2. The molecule has 0 aliphatic heterocycles. The molecule has 0 fully saturated rings. The molecule has 0 N–H and O–H groups in total. The predicted octanol–water partition coefficient (Wildman–Crippen LogP) is 1.46. The molecule has 0 aromatic rings. The van der Waals surface area contributed by atoms with Gasteiger partial charge in [0.25, 0.3) is 0 Å². The van der Waals surface area contributed by atoms with Gasteiger partial charge in [0.15, 0.2) is 0 Å². The molecule has 0 saturated carbocycles. The minimum absolute atomic E-state index is 0.0341. The van der Waals surface area contributed by atoms with Crippen LogP contribution in [-0.4, -0.2) is 23.1 Å². The lowest BCUT2D eigenvalue weighted by molar-refractivity contribution is -0.182. The molecule has 0 aliphatic carbocycles. The number of carbonyl (C=O) groups excluding carboxylic acids is 2. The van der Waals surface area contributed by atoms with Crippen LogP contribution in [0.1, 0.15) is 40.5 Å². The molecule has 0 heterocycles. The van der Waals surface area contributed by atoms with Crippen LogP contribution in [0.4, 0.5) is 0 Å². The second kappa shape index (κ2) is 6.02. The smallest absolute Gasteiger partial charge is 0.418 e. The fraction of sp³-hybridized carbons (Fsp3) is 0.667. The first kappa shape index (κ1) is 15.9. The van der Waals surface area contributed by atoms with Crippen LogP contribution in [0.3, 0.4) is 0 Å². The number of hydrogen-bond acceptors (Lipinski definition) is 6. The number of esters is 2. The van der Waals surface area contributed by atoms with Gasteiger partial charge in [-0.15, -0.1) is 0 Å². The van der Waals surface area contributed by atoms with Crippen molar-refractivity contribution in [3.63, 3.8) is 0 Å². The van der Waals surface area contributed by atoms with Crippen LogP contribution in [0.2, 0.25) is 0 Å². The molecule has 0 rings (SSSR count). The van der Waals surface area contributed by atoms with Crippen molar-refractivity contribution in [3.8, 4) is 12.1 Å². The summed E-state index contributed by atoms with van der Waals surface area (Å²) in [6.07, 6.45) is -0.0682. The lowest BCUT2D eigenvalue weighted by Gasteiger charge is -2.24. The Morgan fingerprint density at radius 2 is 1.17 bits per heavy atom. The largest absolute Gasteiger partial charge is 0.450 e. The fourth-order valence-electron chi connectivity index (χ4n) is 1.04. The molecule has 6 nitrogen and oxygen atoms in total. The molecule has 0 aromatic carbocycles. The Labute approximate surface area is 106 Å². The van der Waals surface area contributed by atoms with E-state index in [-0.39, 0.29) is 12.8 Å². The van der Waals surface area contributed by atoms with Crippen molar-refractivity contribution >= 4 is 11.9 Å². The van der Waals surface area contributed by atoms with Gasteiger partial charge in [-0.25, -0.2) is 9.59 Å². The van der Waals surface area contributed by atoms with Gasteiger partial charge < -0.3 is 9.47 Å². The quantitative estimate of drug-likeness (QED) is 0.554. The maximum absolute atomic E-state index is 11.4. The molecule has 0 spiro atoms. The Kier molecular flexibility index (Phi) is 5.32. The van der Waals surface area contributed by atoms with E-state index < -0.39 is 23.1 Å². The molecule has 0 aliphatic rings. The molecule has 0 aromatic heterocycles. The van der Waals surface area contributed by atoms with Crippen molar-refractivity contribution < 1.29 is 19.1 Å². The van der Waals surface area contributed by atoms with E-state index in [1.54, 1.807) is 0 Å². The van der Waals surface area contributed by atoms with Crippen molar-refractivity contribution in [2.24, 2.45) is 0 Å². The Balaban J connectivity index is 4.51. The van der Waals surface area contributed by atoms with Crippen LogP contribution in [0.25, 0.3) is 0 Å². The average molecular weight is 252 g/mol. The first-order chi connectivity index (χ1) is 8.13. The third kappa shape index (κ3) is 5.86. The van der Waals surface area contributed by atoms with Gasteiger partial charge in [0.05, 0.1) is 25.0 Å². The maximum Gasteiger partial charge on any atom is 0.418 e. The molecular weight excluding hydrogens is 236 g/mol. The van der Waals surface area contributed by atoms with Crippen LogP contribution in [0.5, 0.6) is 0 Å². The van der Waals surface area contributed by atoms with Gasteiger partial charge in [0.2, 0.25) is 0 Å². The van der Waals surface area contributed by atoms with E-state index in [4.69, 9.17) is 20.0 Å². The van der Waals surface area contributed by atoms with Gasteiger partial charge in [0.1, 0.15) is 11.2 Å². The molecule has 0 radical (unpaired) electrons. The normalized spacial score (nSPS) is 11.0. The summed E-state index contributed by atoms with van der Waals surface area (Å²) in [5.41, 5.74) is -2.10. The van der Waals surface area contributed by atoms with E-state index in [9.17, 15) is 9.59 Å². The number of hydrogen-bond donors (Lipinski definition) is 0. The first-order valence-electron chi connectivity index (χ1n) is 5.34. The molecule has 98 valence electrons. The summed E-state index contributed by atoms with van der Waals surface area (Å²) in [5, 5.41) is 17.0. The number of ether oxygens (including phenoxy) is 2. The highest BCUT2D eigenvalue weighted by Crippen LogP contribution is 2.17.